The highest BCUT2D eigenvalue weighted by molar-refractivity contribution is 9.10. The number of carbonyl (C=O) groups excluding carboxylic acids is 1. The Morgan fingerprint density at radius 1 is 1.42 bits per heavy atom. The first kappa shape index (κ1) is 14.5. The lowest BCUT2D eigenvalue weighted by Crippen LogP contribution is -2.37. The minimum absolute atomic E-state index is 0.0211. The molecule has 2 rings (SSSR count). The third kappa shape index (κ3) is 3.54. The van der Waals surface area contributed by atoms with E-state index < -0.39 is 11.7 Å². The summed E-state index contributed by atoms with van der Waals surface area (Å²) in [5, 5.41) is 12.5. The highest BCUT2D eigenvalue weighted by Gasteiger charge is 2.24. The molecular formula is C14H17BrFNO2. The van der Waals surface area contributed by atoms with Gasteiger partial charge < -0.3 is 10.4 Å². The number of carbonyl (C=O) groups is 1. The first-order chi connectivity index (χ1) is 9.09. The zero-order chi connectivity index (χ0) is 13.8. The molecule has 0 aliphatic heterocycles. The molecule has 0 aromatic heterocycles. The van der Waals surface area contributed by atoms with Gasteiger partial charge in [-0.25, -0.2) is 4.39 Å². The Balaban J connectivity index is 1.97. The summed E-state index contributed by atoms with van der Waals surface area (Å²) in [6, 6.07) is 4.43. The molecule has 1 saturated carbocycles. The van der Waals surface area contributed by atoms with Gasteiger partial charge in [0.2, 0.25) is 0 Å². The molecule has 3 nitrogen and oxygen atoms in total. The molecule has 1 fully saturated rings. The van der Waals surface area contributed by atoms with E-state index in [4.69, 9.17) is 0 Å². The van der Waals surface area contributed by atoms with Crippen molar-refractivity contribution < 1.29 is 14.3 Å². The van der Waals surface area contributed by atoms with Gasteiger partial charge in [0, 0.05) is 16.9 Å². The number of hydrogen-bond donors (Lipinski definition) is 2. The summed E-state index contributed by atoms with van der Waals surface area (Å²) in [7, 11) is 0. The fraction of sp³-hybridized carbons (Fsp3) is 0.500. The summed E-state index contributed by atoms with van der Waals surface area (Å²) in [5.41, 5.74) is 0.0211. The second-order valence-corrected chi connectivity index (χ2v) is 5.77. The Kier molecular flexibility index (Phi) is 4.93. The minimum Gasteiger partial charge on any atom is -0.393 e. The number of rotatable bonds is 3. The van der Waals surface area contributed by atoms with Crippen LogP contribution in [0.4, 0.5) is 4.39 Å². The lowest BCUT2D eigenvalue weighted by molar-refractivity contribution is 0.0662. The third-order valence-corrected chi connectivity index (χ3v) is 4.24. The zero-order valence-electron chi connectivity index (χ0n) is 10.5. The highest BCUT2D eigenvalue weighted by Crippen LogP contribution is 2.24. The molecule has 2 N–H and O–H groups in total. The molecule has 0 unspecified atom stereocenters. The maximum Gasteiger partial charge on any atom is 0.255 e. The van der Waals surface area contributed by atoms with Crippen LogP contribution < -0.4 is 5.32 Å². The topological polar surface area (TPSA) is 49.3 Å². The van der Waals surface area contributed by atoms with E-state index in [0.29, 0.717) is 11.0 Å². The Labute approximate surface area is 120 Å². The summed E-state index contributed by atoms with van der Waals surface area (Å²) in [6.07, 6.45) is 3.42. The lowest BCUT2D eigenvalue weighted by atomic mass is 9.86. The molecule has 19 heavy (non-hydrogen) atoms. The molecule has 2 atom stereocenters. The molecule has 0 spiro atoms. The van der Waals surface area contributed by atoms with Crippen molar-refractivity contribution in [2.75, 3.05) is 6.54 Å². The smallest absolute Gasteiger partial charge is 0.255 e. The SMILES string of the molecule is O=C(NC[C@@H]1CCCC[C@@H]1O)c1c(F)cccc1Br. The summed E-state index contributed by atoms with van der Waals surface area (Å²) in [6.45, 7) is 0.390. The monoisotopic (exact) mass is 329 g/mol. The van der Waals surface area contributed by atoms with Crippen molar-refractivity contribution in [2.45, 2.75) is 31.8 Å². The van der Waals surface area contributed by atoms with Gasteiger partial charge in [-0.15, -0.1) is 0 Å². The first-order valence-electron chi connectivity index (χ1n) is 6.50. The Morgan fingerprint density at radius 2 is 2.16 bits per heavy atom. The van der Waals surface area contributed by atoms with Gasteiger partial charge in [0.25, 0.3) is 5.91 Å². The van der Waals surface area contributed by atoms with Gasteiger partial charge in [0.05, 0.1) is 11.7 Å². The van der Waals surface area contributed by atoms with Gasteiger partial charge in [-0.05, 0) is 40.9 Å². The van der Waals surface area contributed by atoms with E-state index in [0.717, 1.165) is 25.7 Å². The number of halogens is 2. The lowest BCUT2D eigenvalue weighted by Gasteiger charge is -2.27. The molecule has 104 valence electrons. The molecule has 1 aliphatic carbocycles. The van der Waals surface area contributed by atoms with Gasteiger partial charge in [0.15, 0.2) is 0 Å². The van der Waals surface area contributed by atoms with Crippen molar-refractivity contribution in [2.24, 2.45) is 5.92 Å². The van der Waals surface area contributed by atoms with Crippen LogP contribution in [0.2, 0.25) is 0 Å². The van der Waals surface area contributed by atoms with Crippen LogP contribution >= 0.6 is 15.9 Å². The van der Waals surface area contributed by atoms with Crippen molar-refractivity contribution in [3.05, 3.63) is 34.1 Å². The predicted octanol–water partition coefficient (Wildman–Crippen LogP) is 2.87. The molecule has 1 aromatic rings. The summed E-state index contributed by atoms with van der Waals surface area (Å²) in [4.78, 5) is 12.0. The van der Waals surface area contributed by atoms with E-state index in [1.54, 1.807) is 12.1 Å². The van der Waals surface area contributed by atoms with Crippen molar-refractivity contribution in [1.82, 2.24) is 5.32 Å². The molecule has 1 amide bonds. The van der Waals surface area contributed by atoms with Crippen LogP contribution in [0.15, 0.2) is 22.7 Å². The van der Waals surface area contributed by atoms with Crippen molar-refractivity contribution in [1.29, 1.82) is 0 Å². The number of aliphatic hydroxyl groups is 1. The van der Waals surface area contributed by atoms with E-state index in [9.17, 15) is 14.3 Å². The van der Waals surface area contributed by atoms with Gasteiger partial charge in [-0.2, -0.15) is 0 Å². The van der Waals surface area contributed by atoms with Crippen LogP contribution in [0.3, 0.4) is 0 Å². The van der Waals surface area contributed by atoms with Crippen molar-refractivity contribution in [3.8, 4) is 0 Å². The fourth-order valence-corrected chi connectivity index (χ4v) is 2.98. The first-order valence-corrected chi connectivity index (χ1v) is 7.29. The molecule has 1 aromatic carbocycles. The van der Waals surface area contributed by atoms with E-state index in [2.05, 4.69) is 21.2 Å². The van der Waals surface area contributed by atoms with Crippen LogP contribution in [-0.2, 0) is 0 Å². The average Bonchev–Trinajstić information content (AvgIpc) is 2.37. The second kappa shape index (κ2) is 6.48. The maximum atomic E-state index is 13.6. The standard InChI is InChI=1S/C14H17BrFNO2/c15-10-5-3-6-11(16)13(10)14(19)17-8-9-4-1-2-7-12(9)18/h3,5-6,9,12,18H,1-2,4,7-8H2,(H,17,19)/t9-,12-/m0/s1. The number of aliphatic hydroxyl groups excluding tert-OH is 1. The Bertz CT molecular complexity index is 447. The van der Waals surface area contributed by atoms with Crippen LogP contribution in [0.1, 0.15) is 36.0 Å². The van der Waals surface area contributed by atoms with E-state index in [1.807, 2.05) is 0 Å². The van der Waals surface area contributed by atoms with Crippen molar-refractivity contribution in [3.63, 3.8) is 0 Å². The molecule has 1 aliphatic rings. The highest BCUT2D eigenvalue weighted by atomic mass is 79.9. The molecule has 0 heterocycles. The molecule has 0 radical (unpaired) electrons. The summed E-state index contributed by atoms with van der Waals surface area (Å²) < 4.78 is 14.0. The summed E-state index contributed by atoms with van der Waals surface area (Å²) in [5.74, 6) is -0.915. The minimum atomic E-state index is -0.545. The number of benzene rings is 1. The maximum absolute atomic E-state index is 13.6. The molecule has 0 bridgehead atoms. The number of hydrogen-bond acceptors (Lipinski definition) is 2. The van der Waals surface area contributed by atoms with Crippen LogP contribution in [0, 0.1) is 11.7 Å². The second-order valence-electron chi connectivity index (χ2n) is 4.92. The Morgan fingerprint density at radius 3 is 2.84 bits per heavy atom. The normalized spacial score (nSPS) is 23.1. The quantitative estimate of drug-likeness (QED) is 0.895. The van der Waals surface area contributed by atoms with Gasteiger partial charge >= 0.3 is 0 Å². The summed E-state index contributed by atoms with van der Waals surface area (Å²) >= 11 is 3.18. The number of amides is 1. The largest absolute Gasteiger partial charge is 0.393 e. The average molecular weight is 330 g/mol. The Hall–Kier alpha value is -0.940. The van der Waals surface area contributed by atoms with Gasteiger partial charge in [0.1, 0.15) is 5.82 Å². The van der Waals surface area contributed by atoms with Gasteiger partial charge in [-0.1, -0.05) is 18.9 Å². The zero-order valence-corrected chi connectivity index (χ0v) is 12.1. The van der Waals surface area contributed by atoms with E-state index in [1.165, 1.54) is 6.07 Å². The molecule has 0 saturated heterocycles. The van der Waals surface area contributed by atoms with Crippen LogP contribution in [0.5, 0.6) is 0 Å². The van der Waals surface area contributed by atoms with Crippen LogP contribution in [0.25, 0.3) is 0 Å². The predicted molar refractivity (Wildman–Crippen MR) is 74.4 cm³/mol. The van der Waals surface area contributed by atoms with Crippen molar-refractivity contribution >= 4 is 21.8 Å². The van der Waals surface area contributed by atoms with E-state index >= 15 is 0 Å². The van der Waals surface area contributed by atoms with E-state index in [-0.39, 0.29) is 17.6 Å². The fourth-order valence-electron chi connectivity index (χ4n) is 2.45. The molecule has 5 heteroatoms. The van der Waals surface area contributed by atoms with Gasteiger partial charge in [-0.3, -0.25) is 4.79 Å². The molecular weight excluding hydrogens is 313 g/mol. The number of nitrogens with one attached hydrogen (secondary N) is 1. The third-order valence-electron chi connectivity index (χ3n) is 3.58. The van der Waals surface area contributed by atoms with Crippen LogP contribution in [-0.4, -0.2) is 23.7 Å².